The fraction of sp³-hybridized carbons (Fsp3) is 0.214. The van der Waals surface area contributed by atoms with E-state index in [1.54, 1.807) is 0 Å². The topological polar surface area (TPSA) is 101 Å². The molecule has 114 valence electrons. The molecule has 0 bridgehead atoms. The lowest BCUT2D eigenvalue weighted by atomic mass is 9.96. The van der Waals surface area contributed by atoms with Gasteiger partial charge in [0.15, 0.2) is 0 Å². The van der Waals surface area contributed by atoms with Gasteiger partial charge in [0.1, 0.15) is 0 Å². The zero-order valence-electron chi connectivity index (χ0n) is 11.5. The van der Waals surface area contributed by atoms with Crippen molar-refractivity contribution in [1.82, 2.24) is 10.7 Å². The van der Waals surface area contributed by atoms with Gasteiger partial charge in [0.25, 0.3) is 11.8 Å². The summed E-state index contributed by atoms with van der Waals surface area (Å²) in [6, 6.07) is 9.63. The first-order valence-corrected chi connectivity index (χ1v) is 6.17. The van der Waals surface area contributed by atoms with E-state index in [2.05, 4.69) is 5.43 Å². The third-order valence-corrected chi connectivity index (χ3v) is 2.70. The Bertz CT molecular complexity index is 501. The quantitative estimate of drug-likeness (QED) is 0.332. The molecule has 3 amide bonds. The number of hydrazine groups is 1. The highest BCUT2D eigenvalue weighted by Crippen LogP contribution is 2.18. The lowest BCUT2D eigenvalue weighted by Crippen LogP contribution is -2.34. The molecular formula is C14H18ClN3O3. The van der Waals surface area contributed by atoms with Crippen molar-refractivity contribution in [2.45, 2.75) is 19.3 Å². The lowest BCUT2D eigenvalue weighted by Gasteiger charge is -2.12. The highest BCUT2D eigenvalue weighted by atomic mass is 35.5. The zero-order chi connectivity index (χ0) is 15.0. The Hall–Kier alpha value is -2.18. The van der Waals surface area contributed by atoms with Crippen molar-refractivity contribution < 1.29 is 14.4 Å². The average molecular weight is 312 g/mol. The summed E-state index contributed by atoms with van der Waals surface area (Å²) in [5.41, 5.74) is 3.18. The van der Waals surface area contributed by atoms with Crippen molar-refractivity contribution in [3.8, 4) is 0 Å². The summed E-state index contributed by atoms with van der Waals surface area (Å²) in [4.78, 5) is 31.4. The second-order valence-corrected chi connectivity index (χ2v) is 4.07. The predicted molar refractivity (Wildman–Crippen MR) is 81.3 cm³/mol. The second-order valence-electron chi connectivity index (χ2n) is 4.07. The van der Waals surface area contributed by atoms with Gasteiger partial charge in [-0.3, -0.25) is 25.1 Å². The molecule has 0 aromatic heterocycles. The fourth-order valence-electron chi connectivity index (χ4n) is 1.71. The molecule has 0 fully saturated rings. The number of hydrogen-bond donors (Lipinski definition) is 3. The molecule has 0 spiro atoms. The van der Waals surface area contributed by atoms with Gasteiger partial charge in [-0.05, 0) is 12.0 Å². The van der Waals surface area contributed by atoms with E-state index in [0.717, 1.165) is 12.0 Å². The van der Waals surface area contributed by atoms with Gasteiger partial charge in [0, 0.05) is 12.2 Å². The van der Waals surface area contributed by atoms with Crippen LogP contribution in [0.3, 0.4) is 0 Å². The Morgan fingerprint density at radius 1 is 1.19 bits per heavy atom. The molecule has 1 atom stereocenters. The largest absolute Gasteiger partial charge is 0.294 e. The van der Waals surface area contributed by atoms with Crippen LogP contribution in [0.4, 0.5) is 0 Å². The van der Waals surface area contributed by atoms with Crippen LogP contribution in [0.2, 0.25) is 0 Å². The van der Waals surface area contributed by atoms with Crippen LogP contribution in [0.15, 0.2) is 42.5 Å². The average Bonchev–Trinajstić information content (AvgIpc) is 2.85. The summed E-state index contributed by atoms with van der Waals surface area (Å²) >= 11 is 0. The maximum Gasteiger partial charge on any atom is 0.250 e. The second kappa shape index (κ2) is 9.68. The fourth-order valence-corrected chi connectivity index (χ4v) is 1.71. The first-order valence-electron chi connectivity index (χ1n) is 6.17. The Labute approximate surface area is 129 Å². The first-order chi connectivity index (χ1) is 9.58. The minimum atomic E-state index is -0.329. The number of amides is 3. The van der Waals surface area contributed by atoms with Crippen molar-refractivity contribution in [3.63, 3.8) is 0 Å². The molecule has 0 radical (unpaired) electrons. The molecule has 6 nitrogen and oxygen atoms in total. The number of nitrogens with two attached hydrogens (primary N) is 1. The van der Waals surface area contributed by atoms with E-state index in [9.17, 15) is 14.4 Å². The molecule has 0 aliphatic carbocycles. The molecule has 7 heteroatoms. The Morgan fingerprint density at radius 2 is 1.71 bits per heavy atom. The Balaban J connectivity index is 0.000000425. The minimum absolute atomic E-state index is 0. The number of nitrogens with one attached hydrogen (secondary N) is 2. The monoisotopic (exact) mass is 311 g/mol. The van der Waals surface area contributed by atoms with Gasteiger partial charge in [-0.15, -0.1) is 12.4 Å². The first kappa shape index (κ1) is 18.8. The summed E-state index contributed by atoms with van der Waals surface area (Å²) in [7, 11) is 0. The summed E-state index contributed by atoms with van der Waals surface area (Å²) < 4.78 is 0. The van der Waals surface area contributed by atoms with Crippen molar-refractivity contribution in [1.29, 1.82) is 0 Å². The molecule has 21 heavy (non-hydrogen) atoms. The smallest absolute Gasteiger partial charge is 0.250 e. The van der Waals surface area contributed by atoms with Crippen molar-refractivity contribution in [2.24, 2.45) is 5.84 Å². The number of rotatable bonds is 3. The standard InChI is InChI=1S/C10H14N2O.C4H3NO2.ClH/c1-2-9(10(13)12-11)8-6-4-3-5-7-8;6-3-1-2-4(7)5-3;/h3-7,9H,2,11H2,1H3,(H,12,13);1-2H,(H,5,6,7);1H. The van der Waals surface area contributed by atoms with Crippen LogP contribution in [0.5, 0.6) is 0 Å². The number of halogens is 1. The van der Waals surface area contributed by atoms with Gasteiger partial charge in [0.05, 0.1) is 5.92 Å². The maximum absolute atomic E-state index is 11.3. The van der Waals surface area contributed by atoms with Gasteiger partial charge >= 0.3 is 0 Å². The van der Waals surface area contributed by atoms with Crippen molar-refractivity contribution in [3.05, 3.63) is 48.0 Å². The predicted octanol–water partition coefficient (Wildman–Crippen LogP) is 0.791. The highest BCUT2D eigenvalue weighted by molar-refractivity contribution is 6.12. The number of benzene rings is 1. The lowest BCUT2D eigenvalue weighted by molar-refractivity contribution is -0.124. The number of carbonyl (C=O) groups is 3. The van der Waals surface area contributed by atoms with E-state index >= 15 is 0 Å². The maximum atomic E-state index is 11.3. The third-order valence-electron chi connectivity index (χ3n) is 2.70. The summed E-state index contributed by atoms with van der Waals surface area (Å²) in [5.74, 6) is 4.16. The number of hydrogen-bond acceptors (Lipinski definition) is 4. The molecule has 4 N–H and O–H groups in total. The van der Waals surface area contributed by atoms with E-state index in [0.29, 0.717) is 0 Å². The van der Waals surface area contributed by atoms with E-state index < -0.39 is 0 Å². The molecule has 1 aliphatic rings. The van der Waals surface area contributed by atoms with Gasteiger partial charge in [-0.1, -0.05) is 37.3 Å². The van der Waals surface area contributed by atoms with Crippen LogP contribution >= 0.6 is 12.4 Å². The zero-order valence-corrected chi connectivity index (χ0v) is 12.4. The minimum Gasteiger partial charge on any atom is -0.294 e. The highest BCUT2D eigenvalue weighted by Gasteiger charge is 2.16. The van der Waals surface area contributed by atoms with E-state index in [4.69, 9.17) is 5.84 Å². The van der Waals surface area contributed by atoms with Gasteiger partial charge in [-0.25, -0.2) is 5.84 Å². The molecule has 1 heterocycles. The number of imide groups is 1. The van der Waals surface area contributed by atoms with Crippen molar-refractivity contribution in [2.75, 3.05) is 0 Å². The van der Waals surface area contributed by atoms with Gasteiger partial charge in [0.2, 0.25) is 5.91 Å². The SMILES string of the molecule is CCC(C(=O)NN)c1ccccc1.Cl.O=C1C=CC(=O)N1. The Morgan fingerprint density at radius 3 is 2.05 bits per heavy atom. The molecule has 2 rings (SSSR count). The Kier molecular flexibility index (Phi) is 8.68. The van der Waals surface area contributed by atoms with Crippen LogP contribution in [-0.2, 0) is 14.4 Å². The van der Waals surface area contributed by atoms with Crippen molar-refractivity contribution >= 4 is 30.1 Å². The summed E-state index contributed by atoms with van der Waals surface area (Å²) in [5, 5.41) is 2.03. The molecule has 1 aliphatic heterocycles. The van der Waals surface area contributed by atoms with Crippen LogP contribution in [0.25, 0.3) is 0 Å². The van der Waals surface area contributed by atoms with Crippen LogP contribution in [0.1, 0.15) is 24.8 Å². The number of carbonyl (C=O) groups excluding carboxylic acids is 3. The normalized spacial score (nSPS) is 13.4. The van der Waals surface area contributed by atoms with Gasteiger partial charge < -0.3 is 0 Å². The molecule has 1 unspecified atom stereocenters. The molecule has 1 aromatic carbocycles. The van der Waals surface area contributed by atoms with E-state index in [-0.39, 0.29) is 36.0 Å². The summed E-state index contributed by atoms with van der Waals surface area (Å²) in [6.45, 7) is 1.97. The van der Waals surface area contributed by atoms with Crippen LogP contribution < -0.4 is 16.6 Å². The van der Waals surface area contributed by atoms with Crippen LogP contribution in [0, 0.1) is 0 Å². The molecule has 0 saturated heterocycles. The van der Waals surface area contributed by atoms with E-state index in [1.807, 2.05) is 42.6 Å². The van der Waals surface area contributed by atoms with Crippen LogP contribution in [-0.4, -0.2) is 17.7 Å². The van der Waals surface area contributed by atoms with Gasteiger partial charge in [-0.2, -0.15) is 0 Å². The summed E-state index contributed by atoms with van der Waals surface area (Å²) in [6.07, 6.45) is 3.15. The molecular weight excluding hydrogens is 294 g/mol. The van der Waals surface area contributed by atoms with E-state index in [1.165, 1.54) is 12.2 Å². The molecule has 0 saturated carbocycles. The molecule has 1 aromatic rings. The third kappa shape index (κ3) is 6.20.